The molecule has 31 heavy (non-hydrogen) atoms. The SMILES string of the molecule is O=C(Cn1c(=O)n(CCC(=O)N2CCCCC2)c(=O)c2sccc21)Nc1ccccc1. The van der Waals surface area contributed by atoms with E-state index >= 15 is 0 Å². The van der Waals surface area contributed by atoms with Crippen molar-refractivity contribution >= 4 is 39.1 Å². The van der Waals surface area contributed by atoms with Crippen molar-refractivity contribution in [2.24, 2.45) is 0 Å². The average molecular weight is 441 g/mol. The zero-order chi connectivity index (χ0) is 21.8. The Balaban J connectivity index is 1.58. The number of hydrogen-bond donors (Lipinski definition) is 1. The molecule has 1 aromatic carbocycles. The molecule has 1 fully saturated rings. The van der Waals surface area contributed by atoms with Crippen LogP contribution in [-0.4, -0.2) is 38.9 Å². The Bertz CT molecular complexity index is 1210. The fourth-order valence-electron chi connectivity index (χ4n) is 3.86. The number of rotatable bonds is 6. The highest BCUT2D eigenvalue weighted by Gasteiger charge is 2.20. The largest absolute Gasteiger partial charge is 0.343 e. The van der Waals surface area contributed by atoms with Crippen LogP contribution in [0.2, 0.25) is 0 Å². The van der Waals surface area contributed by atoms with Crippen LogP contribution in [0.3, 0.4) is 0 Å². The molecular weight excluding hydrogens is 416 g/mol. The minimum Gasteiger partial charge on any atom is -0.343 e. The molecule has 1 saturated heterocycles. The summed E-state index contributed by atoms with van der Waals surface area (Å²) in [6, 6.07) is 10.6. The van der Waals surface area contributed by atoms with Gasteiger partial charge in [0.05, 0.1) is 5.52 Å². The van der Waals surface area contributed by atoms with Crippen molar-refractivity contribution in [1.29, 1.82) is 0 Å². The van der Waals surface area contributed by atoms with Gasteiger partial charge < -0.3 is 10.2 Å². The van der Waals surface area contributed by atoms with Crippen LogP contribution in [0.5, 0.6) is 0 Å². The second kappa shape index (κ2) is 9.30. The van der Waals surface area contributed by atoms with Gasteiger partial charge in [-0.2, -0.15) is 0 Å². The normalized spacial score (nSPS) is 14.0. The lowest BCUT2D eigenvalue weighted by atomic mass is 10.1. The molecule has 0 radical (unpaired) electrons. The van der Waals surface area contributed by atoms with Crippen LogP contribution in [0.1, 0.15) is 25.7 Å². The summed E-state index contributed by atoms with van der Waals surface area (Å²) in [4.78, 5) is 52.8. The Kier molecular flexibility index (Phi) is 6.31. The summed E-state index contributed by atoms with van der Waals surface area (Å²) in [6.07, 6.45) is 3.17. The van der Waals surface area contributed by atoms with E-state index in [-0.39, 0.29) is 31.3 Å². The Labute approximate surface area is 182 Å². The van der Waals surface area contributed by atoms with E-state index in [2.05, 4.69) is 5.32 Å². The van der Waals surface area contributed by atoms with Crippen molar-refractivity contribution in [3.8, 4) is 0 Å². The van der Waals surface area contributed by atoms with Crippen LogP contribution in [0.15, 0.2) is 51.4 Å². The molecule has 3 aromatic rings. The summed E-state index contributed by atoms with van der Waals surface area (Å²) in [7, 11) is 0. The van der Waals surface area contributed by atoms with E-state index in [1.54, 1.807) is 40.6 Å². The van der Waals surface area contributed by atoms with Gasteiger partial charge in [0.1, 0.15) is 11.2 Å². The second-order valence-corrected chi connectivity index (χ2v) is 8.48. The van der Waals surface area contributed by atoms with E-state index in [9.17, 15) is 19.2 Å². The first-order valence-electron chi connectivity index (χ1n) is 10.4. The van der Waals surface area contributed by atoms with Gasteiger partial charge in [-0.15, -0.1) is 11.3 Å². The maximum Gasteiger partial charge on any atom is 0.332 e. The van der Waals surface area contributed by atoms with Gasteiger partial charge in [0.2, 0.25) is 11.8 Å². The van der Waals surface area contributed by atoms with E-state index in [0.717, 1.165) is 36.9 Å². The molecule has 4 rings (SSSR count). The predicted octanol–water partition coefficient (Wildman–Crippen LogP) is 2.27. The number of amides is 2. The molecule has 0 bridgehead atoms. The first kappa shape index (κ1) is 21.0. The van der Waals surface area contributed by atoms with Gasteiger partial charge in [-0.25, -0.2) is 4.79 Å². The molecule has 0 atom stereocenters. The lowest BCUT2D eigenvalue weighted by molar-refractivity contribution is -0.132. The summed E-state index contributed by atoms with van der Waals surface area (Å²) in [5.41, 5.74) is 0.0658. The molecule has 9 heteroatoms. The van der Waals surface area contributed by atoms with Gasteiger partial charge >= 0.3 is 5.69 Å². The van der Waals surface area contributed by atoms with E-state index in [4.69, 9.17) is 0 Å². The number of piperidine rings is 1. The molecule has 1 aliphatic heterocycles. The maximum atomic E-state index is 13.1. The summed E-state index contributed by atoms with van der Waals surface area (Å²) in [6.45, 7) is 1.23. The molecular formula is C22H24N4O4S. The molecule has 8 nitrogen and oxygen atoms in total. The van der Waals surface area contributed by atoms with Gasteiger partial charge in [-0.1, -0.05) is 18.2 Å². The van der Waals surface area contributed by atoms with Crippen LogP contribution in [-0.2, 0) is 22.7 Å². The van der Waals surface area contributed by atoms with Gasteiger partial charge in [0.15, 0.2) is 0 Å². The highest BCUT2D eigenvalue weighted by atomic mass is 32.1. The second-order valence-electron chi connectivity index (χ2n) is 7.57. The van der Waals surface area contributed by atoms with Gasteiger partial charge in [-0.3, -0.25) is 23.5 Å². The third-order valence-corrected chi connectivity index (χ3v) is 6.35. The Hall–Kier alpha value is -3.20. The number of thiophene rings is 1. The average Bonchev–Trinajstić information content (AvgIpc) is 3.28. The molecule has 0 saturated carbocycles. The van der Waals surface area contributed by atoms with Gasteiger partial charge in [0, 0.05) is 31.7 Å². The molecule has 0 aliphatic carbocycles. The van der Waals surface area contributed by atoms with Crippen LogP contribution >= 0.6 is 11.3 Å². The summed E-state index contributed by atoms with van der Waals surface area (Å²) in [5.74, 6) is -0.416. The number of carbonyl (C=O) groups is 2. The fourth-order valence-corrected chi connectivity index (χ4v) is 4.70. The number of fused-ring (bicyclic) bond motifs is 1. The molecule has 0 spiro atoms. The van der Waals surface area contributed by atoms with Crippen molar-refractivity contribution in [1.82, 2.24) is 14.0 Å². The number of nitrogens with zero attached hydrogens (tertiary/aromatic N) is 3. The highest BCUT2D eigenvalue weighted by molar-refractivity contribution is 7.17. The number of carbonyl (C=O) groups excluding carboxylic acids is 2. The van der Waals surface area contributed by atoms with Crippen molar-refractivity contribution in [2.45, 2.75) is 38.8 Å². The Morgan fingerprint density at radius 3 is 2.45 bits per heavy atom. The Morgan fingerprint density at radius 2 is 1.71 bits per heavy atom. The smallest absolute Gasteiger partial charge is 0.332 e. The minimum atomic E-state index is -0.578. The monoisotopic (exact) mass is 440 g/mol. The molecule has 1 N–H and O–H groups in total. The third-order valence-electron chi connectivity index (χ3n) is 5.45. The van der Waals surface area contributed by atoms with Crippen LogP contribution < -0.4 is 16.6 Å². The van der Waals surface area contributed by atoms with E-state index in [1.165, 1.54) is 15.9 Å². The van der Waals surface area contributed by atoms with Crippen molar-refractivity contribution in [2.75, 3.05) is 18.4 Å². The topological polar surface area (TPSA) is 93.4 Å². The maximum absolute atomic E-state index is 13.1. The molecule has 162 valence electrons. The van der Waals surface area contributed by atoms with Crippen LogP contribution in [0, 0.1) is 0 Å². The number of aromatic nitrogens is 2. The highest BCUT2D eigenvalue weighted by Crippen LogP contribution is 2.16. The molecule has 3 heterocycles. The van der Waals surface area contributed by atoms with Crippen molar-refractivity contribution < 1.29 is 9.59 Å². The van der Waals surface area contributed by atoms with E-state index < -0.39 is 11.2 Å². The number of benzene rings is 1. The fraction of sp³-hybridized carbons (Fsp3) is 0.364. The molecule has 0 unspecified atom stereocenters. The number of para-hydroxylation sites is 1. The lowest BCUT2D eigenvalue weighted by Crippen LogP contribution is -2.43. The predicted molar refractivity (Wildman–Crippen MR) is 120 cm³/mol. The molecule has 2 amide bonds. The molecule has 2 aromatic heterocycles. The lowest BCUT2D eigenvalue weighted by Gasteiger charge is -2.26. The number of nitrogens with one attached hydrogen (secondary N) is 1. The standard InChI is InChI=1S/C22H24N4O4S/c27-18(23-16-7-3-1-4-8-16)15-26-17-10-14-31-20(17)21(29)25(22(26)30)13-9-19(28)24-11-5-2-6-12-24/h1,3-4,7-8,10,14H,2,5-6,9,11-13,15H2,(H,23,27). The summed E-state index contributed by atoms with van der Waals surface area (Å²) < 4.78 is 2.78. The summed E-state index contributed by atoms with van der Waals surface area (Å²) >= 11 is 1.22. The zero-order valence-electron chi connectivity index (χ0n) is 17.1. The quantitative estimate of drug-likeness (QED) is 0.636. The van der Waals surface area contributed by atoms with E-state index in [0.29, 0.717) is 15.9 Å². The van der Waals surface area contributed by atoms with Crippen LogP contribution in [0.25, 0.3) is 10.2 Å². The van der Waals surface area contributed by atoms with E-state index in [1.807, 2.05) is 6.07 Å². The summed E-state index contributed by atoms with van der Waals surface area (Å²) in [5, 5.41) is 4.48. The first-order valence-corrected chi connectivity index (χ1v) is 11.3. The minimum absolute atomic E-state index is 0.00114. The van der Waals surface area contributed by atoms with Crippen LogP contribution in [0.4, 0.5) is 5.69 Å². The van der Waals surface area contributed by atoms with Gasteiger partial charge in [0.25, 0.3) is 5.56 Å². The van der Waals surface area contributed by atoms with Crippen molar-refractivity contribution in [3.05, 3.63) is 62.6 Å². The first-order chi connectivity index (χ1) is 15.0. The van der Waals surface area contributed by atoms with Crippen molar-refractivity contribution in [3.63, 3.8) is 0 Å². The Morgan fingerprint density at radius 1 is 0.968 bits per heavy atom. The number of likely N-dealkylation sites (tertiary alicyclic amines) is 1. The molecule has 1 aliphatic rings. The zero-order valence-corrected chi connectivity index (χ0v) is 17.9. The van der Waals surface area contributed by atoms with Gasteiger partial charge in [-0.05, 0) is 42.8 Å². The third kappa shape index (κ3) is 4.61. The number of anilines is 1. The number of hydrogen-bond acceptors (Lipinski definition) is 5.